The van der Waals surface area contributed by atoms with Gasteiger partial charge in [0.15, 0.2) is 0 Å². The summed E-state index contributed by atoms with van der Waals surface area (Å²) in [6.45, 7) is 0.316. The molecule has 124 valence electrons. The molecule has 24 heavy (non-hydrogen) atoms. The van der Waals surface area contributed by atoms with Crippen molar-refractivity contribution in [2.75, 3.05) is 5.32 Å². The largest absolute Gasteiger partial charge is 0.352 e. The Morgan fingerprint density at radius 1 is 1.04 bits per heavy atom. The van der Waals surface area contributed by atoms with E-state index in [1.54, 1.807) is 18.2 Å². The monoisotopic (exact) mass is 346 g/mol. The van der Waals surface area contributed by atoms with E-state index in [1.807, 2.05) is 18.2 Å². The number of carbonyl (C=O) groups is 2. The molecule has 0 aromatic heterocycles. The molecule has 0 bridgehead atoms. The maximum absolute atomic E-state index is 13.5. The van der Waals surface area contributed by atoms with Gasteiger partial charge in [-0.2, -0.15) is 0 Å². The summed E-state index contributed by atoms with van der Waals surface area (Å²) in [5.41, 5.74) is 0.949. The van der Waals surface area contributed by atoms with Crippen LogP contribution in [0.1, 0.15) is 12.0 Å². The molecule has 0 aliphatic heterocycles. The van der Waals surface area contributed by atoms with Crippen LogP contribution in [0.2, 0.25) is 5.02 Å². The summed E-state index contributed by atoms with van der Waals surface area (Å²) in [7, 11) is 0. The Morgan fingerprint density at radius 3 is 2.46 bits per heavy atom. The van der Waals surface area contributed by atoms with Gasteiger partial charge >= 0.3 is 0 Å². The lowest BCUT2D eigenvalue weighted by molar-refractivity contribution is -0.125. The molecule has 0 radical (unpaired) electrons. The number of benzene rings is 2. The third-order valence-corrected chi connectivity index (χ3v) is 4.38. The van der Waals surface area contributed by atoms with Crippen molar-refractivity contribution in [3.8, 4) is 0 Å². The molecule has 6 heteroatoms. The summed E-state index contributed by atoms with van der Waals surface area (Å²) in [4.78, 5) is 24.2. The van der Waals surface area contributed by atoms with Crippen LogP contribution in [0.25, 0.3) is 0 Å². The molecule has 1 aliphatic rings. The molecule has 3 rings (SSSR count). The van der Waals surface area contributed by atoms with E-state index in [1.165, 1.54) is 12.1 Å². The highest BCUT2D eigenvalue weighted by atomic mass is 35.5. The molecular formula is C18H16ClFN2O2. The molecular weight excluding hydrogens is 331 g/mol. The van der Waals surface area contributed by atoms with Crippen molar-refractivity contribution >= 4 is 29.1 Å². The van der Waals surface area contributed by atoms with Gasteiger partial charge in [-0.3, -0.25) is 9.59 Å². The fourth-order valence-corrected chi connectivity index (χ4v) is 2.72. The van der Waals surface area contributed by atoms with E-state index in [4.69, 9.17) is 11.6 Å². The second kappa shape index (κ2) is 7.01. The van der Waals surface area contributed by atoms with Gasteiger partial charge in [-0.25, -0.2) is 4.39 Å². The number of halogens is 2. The quantitative estimate of drug-likeness (QED) is 0.872. The molecule has 0 heterocycles. The zero-order valence-corrected chi connectivity index (χ0v) is 13.5. The number of carbonyl (C=O) groups excluding carboxylic acids is 2. The van der Waals surface area contributed by atoms with Crippen LogP contribution < -0.4 is 10.6 Å². The van der Waals surface area contributed by atoms with Crippen molar-refractivity contribution in [1.29, 1.82) is 0 Å². The SMILES string of the molecule is O=C(NCc1ccccc1Cl)C1CC1C(=O)Nc1ccccc1F. The Morgan fingerprint density at radius 2 is 1.71 bits per heavy atom. The Hall–Kier alpha value is -2.40. The summed E-state index contributed by atoms with van der Waals surface area (Å²) in [5, 5.41) is 5.89. The Labute approximate surface area is 144 Å². The van der Waals surface area contributed by atoms with E-state index < -0.39 is 11.7 Å². The predicted octanol–water partition coefficient (Wildman–Crippen LogP) is 3.37. The molecule has 1 saturated carbocycles. The minimum absolute atomic E-state index is 0.129. The van der Waals surface area contributed by atoms with Crippen molar-refractivity contribution in [3.05, 3.63) is 64.9 Å². The third kappa shape index (κ3) is 3.74. The average Bonchev–Trinajstić information content (AvgIpc) is 3.37. The molecule has 2 amide bonds. The molecule has 2 atom stereocenters. The van der Waals surface area contributed by atoms with Gasteiger partial charge in [0.2, 0.25) is 11.8 Å². The van der Waals surface area contributed by atoms with Crippen LogP contribution >= 0.6 is 11.6 Å². The molecule has 0 saturated heterocycles. The summed E-state index contributed by atoms with van der Waals surface area (Å²) < 4.78 is 13.5. The van der Waals surface area contributed by atoms with Crippen LogP contribution in [0.5, 0.6) is 0 Å². The lowest BCUT2D eigenvalue weighted by Crippen LogP contribution is -2.27. The fourth-order valence-electron chi connectivity index (χ4n) is 2.52. The van der Waals surface area contributed by atoms with E-state index in [0.29, 0.717) is 18.0 Å². The second-order valence-electron chi connectivity index (χ2n) is 5.73. The molecule has 1 aliphatic carbocycles. The van der Waals surface area contributed by atoms with Gasteiger partial charge in [0, 0.05) is 11.6 Å². The van der Waals surface area contributed by atoms with Crippen molar-refractivity contribution in [2.24, 2.45) is 11.8 Å². The molecule has 2 aromatic rings. The number of nitrogens with one attached hydrogen (secondary N) is 2. The lowest BCUT2D eigenvalue weighted by Gasteiger charge is -2.07. The third-order valence-electron chi connectivity index (χ3n) is 4.01. The zero-order chi connectivity index (χ0) is 17.1. The molecule has 1 fully saturated rings. The van der Waals surface area contributed by atoms with Crippen LogP contribution in [0.3, 0.4) is 0 Å². The average molecular weight is 347 g/mol. The Kier molecular flexibility index (Phi) is 4.81. The number of anilines is 1. The summed E-state index contributed by atoms with van der Waals surface area (Å²) in [5.74, 6) is -1.82. The first kappa shape index (κ1) is 16.5. The van der Waals surface area contributed by atoms with Crippen LogP contribution in [0.15, 0.2) is 48.5 Å². The molecule has 4 nitrogen and oxygen atoms in total. The van der Waals surface area contributed by atoms with Gasteiger partial charge in [-0.15, -0.1) is 0 Å². The van der Waals surface area contributed by atoms with Crippen LogP contribution in [0.4, 0.5) is 10.1 Å². The minimum atomic E-state index is -0.494. The summed E-state index contributed by atoms with van der Waals surface area (Å²) in [6.07, 6.45) is 0.467. The first-order valence-corrected chi connectivity index (χ1v) is 8.00. The van der Waals surface area contributed by atoms with Crippen molar-refractivity contribution in [1.82, 2.24) is 5.32 Å². The maximum atomic E-state index is 13.5. The van der Waals surface area contributed by atoms with Crippen molar-refractivity contribution < 1.29 is 14.0 Å². The fraction of sp³-hybridized carbons (Fsp3) is 0.222. The number of para-hydroxylation sites is 1. The van der Waals surface area contributed by atoms with Crippen LogP contribution in [0, 0.1) is 17.7 Å². The van der Waals surface area contributed by atoms with E-state index in [2.05, 4.69) is 10.6 Å². The van der Waals surface area contributed by atoms with Crippen molar-refractivity contribution in [2.45, 2.75) is 13.0 Å². The normalized spacial score (nSPS) is 18.8. The molecule has 2 aromatic carbocycles. The Balaban J connectivity index is 1.51. The van der Waals surface area contributed by atoms with E-state index in [0.717, 1.165) is 5.56 Å². The van der Waals surface area contributed by atoms with Gasteiger partial charge in [0.1, 0.15) is 5.82 Å². The van der Waals surface area contributed by atoms with Gasteiger partial charge < -0.3 is 10.6 Å². The molecule has 2 unspecified atom stereocenters. The zero-order valence-electron chi connectivity index (χ0n) is 12.8. The maximum Gasteiger partial charge on any atom is 0.228 e. The number of rotatable bonds is 5. The van der Waals surface area contributed by atoms with Gasteiger partial charge in [-0.1, -0.05) is 41.9 Å². The highest BCUT2D eigenvalue weighted by Gasteiger charge is 2.48. The number of hydrogen-bond acceptors (Lipinski definition) is 2. The van der Waals surface area contributed by atoms with Crippen LogP contribution in [-0.2, 0) is 16.1 Å². The van der Waals surface area contributed by atoms with E-state index in [9.17, 15) is 14.0 Å². The summed E-state index contributed by atoms with van der Waals surface area (Å²) in [6, 6.07) is 13.2. The van der Waals surface area contributed by atoms with Gasteiger partial charge in [-0.05, 0) is 30.2 Å². The van der Waals surface area contributed by atoms with Crippen LogP contribution in [-0.4, -0.2) is 11.8 Å². The smallest absolute Gasteiger partial charge is 0.228 e. The topological polar surface area (TPSA) is 58.2 Å². The first-order chi connectivity index (χ1) is 11.6. The Bertz CT molecular complexity index is 781. The lowest BCUT2D eigenvalue weighted by atomic mass is 10.2. The highest BCUT2D eigenvalue weighted by Crippen LogP contribution is 2.39. The predicted molar refractivity (Wildman–Crippen MR) is 89.9 cm³/mol. The van der Waals surface area contributed by atoms with Gasteiger partial charge in [0.05, 0.1) is 17.5 Å². The van der Waals surface area contributed by atoms with E-state index >= 15 is 0 Å². The molecule has 0 spiro atoms. The van der Waals surface area contributed by atoms with Gasteiger partial charge in [0.25, 0.3) is 0 Å². The molecule has 2 N–H and O–H groups in total. The minimum Gasteiger partial charge on any atom is -0.352 e. The number of amides is 2. The standard InChI is InChI=1S/C18H16ClFN2O2/c19-14-6-2-1-5-11(14)10-21-17(23)12-9-13(12)18(24)22-16-8-4-3-7-15(16)20/h1-8,12-13H,9-10H2,(H,21,23)(H,22,24). The highest BCUT2D eigenvalue weighted by molar-refractivity contribution is 6.31. The summed E-state index contributed by atoms with van der Waals surface area (Å²) >= 11 is 6.04. The van der Waals surface area contributed by atoms with Crippen molar-refractivity contribution in [3.63, 3.8) is 0 Å². The number of hydrogen-bond donors (Lipinski definition) is 2. The first-order valence-electron chi connectivity index (χ1n) is 7.63. The second-order valence-corrected chi connectivity index (χ2v) is 6.13. The van der Waals surface area contributed by atoms with E-state index in [-0.39, 0.29) is 23.4 Å².